The maximum absolute atomic E-state index is 5.92. The first-order chi connectivity index (χ1) is 15.2. The summed E-state index contributed by atoms with van der Waals surface area (Å²) in [6.07, 6.45) is 2.98. The van der Waals surface area contributed by atoms with Gasteiger partial charge in [-0.25, -0.2) is 4.98 Å². The number of aliphatic imine (C=N–C) groups is 1. The van der Waals surface area contributed by atoms with Crippen molar-refractivity contribution in [2.75, 3.05) is 20.2 Å². The van der Waals surface area contributed by atoms with Crippen LogP contribution in [-0.4, -0.2) is 42.2 Å². The molecular formula is C24H31N5O2. The first-order valence-electron chi connectivity index (χ1n) is 11.0. The van der Waals surface area contributed by atoms with Gasteiger partial charge < -0.3 is 25.1 Å². The Bertz CT molecular complexity index is 1030. The minimum absolute atomic E-state index is 0.217. The van der Waals surface area contributed by atoms with Crippen LogP contribution in [0.3, 0.4) is 0 Å². The number of hydrogen-bond donors (Lipinski definition) is 3. The van der Waals surface area contributed by atoms with Crippen molar-refractivity contribution in [3.63, 3.8) is 0 Å². The molecule has 164 valence electrons. The van der Waals surface area contributed by atoms with Crippen molar-refractivity contribution >= 4 is 17.0 Å². The van der Waals surface area contributed by atoms with Crippen LogP contribution < -0.4 is 20.1 Å². The first-order valence-corrected chi connectivity index (χ1v) is 11.0. The van der Waals surface area contributed by atoms with E-state index in [-0.39, 0.29) is 6.10 Å². The number of imidazole rings is 1. The lowest BCUT2D eigenvalue weighted by atomic mass is 10.1. The number of hydrogen-bond acceptors (Lipinski definition) is 4. The number of fused-ring (bicyclic) bond motifs is 2. The number of ether oxygens (including phenoxy) is 2. The van der Waals surface area contributed by atoms with E-state index in [4.69, 9.17) is 9.47 Å². The topological polar surface area (TPSA) is 83.6 Å². The van der Waals surface area contributed by atoms with Crippen LogP contribution in [0, 0.1) is 0 Å². The zero-order valence-corrected chi connectivity index (χ0v) is 18.5. The van der Waals surface area contributed by atoms with Crippen molar-refractivity contribution in [2.24, 2.45) is 4.99 Å². The number of nitrogens with one attached hydrogen (secondary N) is 3. The summed E-state index contributed by atoms with van der Waals surface area (Å²) in [4.78, 5) is 12.3. The smallest absolute Gasteiger partial charge is 0.191 e. The molecule has 1 aromatic heterocycles. The van der Waals surface area contributed by atoms with Gasteiger partial charge in [-0.3, -0.25) is 4.99 Å². The molecule has 1 atom stereocenters. The number of rotatable bonds is 8. The third-order valence-electron chi connectivity index (χ3n) is 5.37. The Morgan fingerprint density at radius 1 is 1.29 bits per heavy atom. The molecule has 3 aromatic rings. The molecule has 4 rings (SSSR count). The fraction of sp³-hybridized carbons (Fsp3) is 0.417. The predicted octanol–water partition coefficient (Wildman–Crippen LogP) is 3.58. The molecule has 31 heavy (non-hydrogen) atoms. The van der Waals surface area contributed by atoms with Crippen LogP contribution in [0.4, 0.5) is 0 Å². The molecular weight excluding hydrogens is 390 g/mol. The molecule has 0 aliphatic carbocycles. The van der Waals surface area contributed by atoms with E-state index in [0.717, 1.165) is 65.7 Å². The Labute approximate surface area is 183 Å². The number of aryl methyl sites for hydroxylation is 1. The minimum atomic E-state index is 0.217. The number of H-pyrrole nitrogens is 1. The standard InChI is InChI=1S/C24H31N5O2/c1-4-30-21-13-17-12-16(2)31-22(17)14-18(21)15-27-24(25-3)26-11-7-10-23-28-19-8-5-6-9-20(19)29-23/h5-6,8-9,13-14,16H,4,7,10-12,15H2,1-3H3,(H,28,29)(H2,25,26,27). The maximum Gasteiger partial charge on any atom is 0.191 e. The molecule has 1 aliphatic heterocycles. The van der Waals surface area contributed by atoms with Crippen LogP contribution in [0.15, 0.2) is 41.4 Å². The normalized spacial score (nSPS) is 15.6. The highest BCUT2D eigenvalue weighted by atomic mass is 16.5. The monoisotopic (exact) mass is 421 g/mol. The average molecular weight is 422 g/mol. The summed E-state index contributed by atoms with van der Waals surface area (Å²) >= 11 is 0. The van der Waals surface area contributed by atoms with Gasteiger partial charge in [0.05, 0.1) is 17.6 Å². The Hall–Kier alpha value is -3.22. The molecule has 2 heterocycles. The lowest BCUT2D eigenvalue weighted by Gasteiger charge is -2.15. The highest BCUT2D eigenvalue weighted by Gasteiger charge is 2.21. The van der Waals surface area contributed by atoms with Crippen LogP contribution in [0.2, 0.25) is 0 Å². The molecule has 0 amide bonds. The molecule has 2 aromatic carbocycles. The largest absolute Gasteiger partial charge is 0.494 e. The molecule has 7 heteroatoms. The first kappa shape index (κ1) is 21.0. The van der Waals surface area contributed by atoms with Gasteiger partial charge >= 0.3 is 0 Å². The SMILES string of the molecule is CCOc1cc2c(cc1CNC(=NC)NCCCc1nc3ccccc3[nH]1)OC(C)C2. The van der Waals surface area contributed by atoms with E-state index in [1.165, 1.54) is 5.56 Å². The fourth-order valence-electron chi connectivity index (χ4n) is 3.90. The summed E-state index contributed by atoms with van der Waals surface area (Å²) < 4.78 is 11.8. The average Bonchev–Trinajstić information content (AvgIpc) is 3.34. The number of guanidine groups is 1. The second-order valence-electron chi connectivity index (χ2n) is 7.79. The van der Waals surface area contributed by atoms with E-state index in [0.29, 0.717) is 13.2 Å². The molecule has 0 fully saturated rings. The number of aromatic nitrogens is 2. The van der Waals surface area contributed by atoms with E-state index >= 15 is 0 Å². The Morgan fingerprint density at radius 2 is 2.16 bits per heavy atom. The van der Waals surface area contributed by atoms with Crippen LogP contribution in [-0.2, 0) is 19.4 Å². The molecule has 3 N–H and O–H groups in total. The van der Waals surface area contributed by atoms with Crippen molar-refractivity contribution in [1.29, 1.82) is 0 Å². The number of aromatic amines is 1. The van der Waals surface area contributed by atoms with Crippen molar-refractivity contribution in [3.8, 4) is 11.5 Å². The second kappa shape index (κ2) is 9.73. The Balaban J connectivity index is 1.29. The predicted molar refractivity (Wildman–Crippen MR) is 124 cm³/mol. The molecule has 0 radical (unpaired) electrons. The van der Waals surface area contributed by atoms with Crippen LogP contribution >= 0.6 is 0 Å². The van der Waals surface area contributed by atoms with Gasteiger partial charge in [0, 0.05) is 44.1 Å². The quantitative estimate of drug-likeness (QED) is 0.294. The summed E-state index contributed by atoms with van der Waals surface area (Å²) in [5, 5.41) is 6.77. The van der Waals surface area contributed by atoms with Crippen molar-refractivity contribution < 1.29 is 9.47 Å². The Morgan fingerprint density at radius 3 is 2.97 bits per heavy atom. The molecule has 0 bridgehead atoms. The van der Waals surface area contributed by atoms with Crippen LogP contribution in [0.5, 0.6) is 11.5 Å². The van der Waals surface area contributed by atoms with E-state index in [2.05, 4.69) is 50.7 Å². The molecule has 1 aliphatic rings. The van der Waals surface area contributed by atoms with Gasteiger partial charge in [-0.2, -0.15) is 0 Å². The van der Waals surface area contributed by atoms with Crippen LogP contribution in [0.1, 0.15) is 37.2 Å². The fourth-order valence-corrected chi connectivity index (χ4v) is 3.90. The maximum atomic E-state index is 5.92. The highest BCUT2D eigenvalue weighted by Crippen LogP contribution is 2.35. The van der Waals surface area contributed by atoms with Crippen molar-refractivity contribution in [1.82, 2.24) is 20.6 Å². The molecule has 0 saturated carbocycles. The summed E-state index contributed by atoms with van der Waals surface area (Å²) in [6, 6.07) is 12.3. The lowest BCUT2D eigenvalue weighted by molar-refractivity contribution is 0.254. The second-order valence-corrected chi connectivity index (χ2v) is 7.79. The summed E-state index contributed by atoms with van der Waals surface area (Å²) in [6.45, 7) is 6.15. The Kier molecular flexibility index (Phi) is 6.60. The van der Waals surface area contributed by atoms with E-state index < -0.39 is 0 Å². The summed E-state index contributed by atoms with van der Waals surface area (Å²) in [5.74, 6) is 3.65. The van der Waals surface area contributed by atoms with Gasteiger partial charge in [0.1, 0.15) is 23.4 Å². The number of para-hydroxylation sites is 2. The number of benzene rings is 2. The highest BCUT2D eigenvalue weighted by molar-refractivity contribution is 5.79. The minimum Gasteiger partial charge on any atom is -0.494 e. The van der Waals surface area contributed by atoms with Crippen molar-refractivity contribution in [2.45, 2.75) is 45.8 Å². The van der Waals surface area contributed by atoms with Gasteiger partial charge in [-0.05, 0) is 44.5 Å². The van der Waals surface area contributed by atoms with Crippen LogP contribution in [0.25, 0.3) is 11.0 Å². The molecule has 7 nitrogen and oxygen atoms in total. The van der Waals surface area contributed by atoms with Crippen molar-refractivity contribution in [3.05, 3.63) is 53.3 Å². The molecule has 0 saturated heterocycles. The van der Waals surface area contributed by atoms with Gasteiger partial charge in [0.15, 0.2) is 5.96 Å². The van der Waals surface area contributed by atoms with Gasteiger partial charge in [-0.1, -0.05) is 12.1 Å². The van der Waals surface area contributed by atoms with Gasteiger partial charge in [0.2, 0.25) is 0 Å². The summed E-state index contributed by atoms with van der Waals surface area (Å²) in [5.41, 5.74) is 4.38. The van der Waals surface area contributed by atoms with E-state index in [1.54, 1.807) is 7.05 Å². The molecule has 0 spiro atoms. The van der Waals surface area contributed by atoms with E-state index in [9.17, 15) is 0 Å². The third-order valence-corrected chi connectivity index (χ3v) is 5.37. The number of nitrogens with zero attached hydrogens (tertiary/aromatic N) is 2. The van der Waals surface area contributed by atoms with Gasteiger partial charge in [-0.15, -0.1) is 0 Å². The van der Waals surface area contributed by atoms with Gasteiger partial charge in [0.25, 0.3) is 0 Å². The lowest BCUT2D eigenvalue weighted by Crippen LogP contribution is -2.37. The summed E-state index contributed by atoms with van der Waals surface area (Å²) in [7, 11) is 1.78. The van der Waals surface area contributed by atoms with E-state index in [1.807, 2.05) is 25.1 Å². The zero-order chi connectivity index (χ0) is 21.6. The third kappa shape index (κ3) is 5.10. The molecule has 1 unspecified atom stereocenters. The zero-order valence-electron chi connectivity index (χ0n) is 18.5.